The van der Waals surface area contributed by atoms with Gasteiger partial charge < -0.3 is 19.8 Å². The number of amides is 2. The van der Waals surface area contributed by atoms with E-state index in [9.17, 15) is 14.7 Å². The Morgan fingerprint density at radius 3 is 2.21 bits per heavy atom. The lowest BCUT2D eigenvalue weighted by Crippen LogP contribution is -2.52. The van der Waals surface area contributed by atoms with Crippen molar-refractivity contribution in [3.05, 3.63) is 0 Å². The molecule has 1 unspecified atom stereocenters. The van der Waals surface area contributed by atoms with E-state index in [4.69, 9.17) is 0 Å². The first kappa shape index (κ1) is 14.1. The topological polar surface area (TPSA) is 64.1 Å². The molecule has 0 aromatic carbocycles. The van der Waals surface area contributed by atoms with E-state index in [0.29, 0.717) is 25.9 Å². The molecule has 1 N–H and O–H groups in total. The van der Waals surface area contributed by atoms with Gasteiger partial charge in [0.15, 0.2) is 0 Å². The molecule has 6 heteroatoms. The van der Waals surface area contributed by atoms with Gasteiger partial charge >= 0.3 is 12.0 Å². The minimum atomic E-state index is -0.774. The van der Waals surface area contributed by atoms with Gasteiger partial charge in [-0.25, -0.2) is 4.79 Å². The van der Waals surface area contributed by atoms with Crippen LogP contribution < -0.4 is 0 Å². The zero-order valence-electron chi connectivity index (χ0n) is 11.8. The summed E-state index contributed by atoms with van der Waals surface area (Å²) < 4.78 is 0. The molecule has 19 heavy (non-hydrogen) atoms. The van der Waals surface area contributed by atoms with Crippen LogP contribution in [0, 0.1) is 5.41 Å². The second-order valence-electron chi connectivity index (χ2n) is 5.68. The first-order valence-electron chi connectivity index (χ1n) is 6.94. The molecule has 0 radical (unpaired) electrons. The highest BCUT2D eigenvalue weighted by Gasteiger charge is 2.45. The number of likely N-dealkylation sites (N-methyl/N-ethyl adjacent to an activating group) is 1. The average molecular weight is 269 g/mol. The van der Waals surface area contributed by atoms with Crippen molar-refractivity contribution in [3.63, 3.8) is 0 Å². The van der Waals surface area contributed by atoms with E-state index < -0.39 is 11.4 Å². The Balaban J connectivity index is 1.97. The SMILES string of the molecule is CCC1(C(=O)O)CCN(C(=O)N2CCN(C)CC2)C1. The van der Waals surface area contributed by atoms with Crippen molar-refractivity contribution in [2.45, 2.75) is 19.8 Å². The average Bonchev–Trinajstić information content (AvgIpc) is 2.84. The molecule has 0 aliphatic carbocycles. The van der Waals surface area contributed by atoms with Crippen LogP contribution in [0.5, 0.6) is 0 Å². The molecule has 2 amide bonds. The van der Waals surface area contributed by atoms with Crippen LogP contribution in [-0.4, -0.2) is 78.1 Å². The molecule has 0 aromatic rings. The van der Waals surface area contributed by atoms with Gasteiger partial charge in [-0.15, -0.1) is 0 Å². The molecule has 0 aromatic heterocycles. The van der Waals surface area contributed by atoms with Crippen molar-refractivity contribution < 1.29 is 14.7 Å². The molecule has 2 saturated heterocycles. The van der Waals surface area contributed by atoms with Crippen molar-refractivity contribution in [3.8, 4) is 0 Å². The predicted molar refractivity (Wildman–Crippen MR) is 71.0 cm³/mol. The number of likely N-dealkylation sites (tertiary alicyclic amines) is 1. The Hall–Kier alpha value is -1.30. The highest BCUT2D eigenvalue weighted by atomic mass is 16.4. The summed E-state index contributed by atoms with van der Waals surface area (Å²) in [6.07, 6.45) is 1.15. The van der Waals surface area contributed by atoms with E-state index in [-0.39, 0.29) is 6.03 Å². The molecule has 0 spiro atoms. The van der Waals surface area contributed by atoms with E-state index in [1.54, 1.807) is 4.90 Å². The number of carbonyl (C=O) groups is 2. The summed E-state index contributed by atoms with van der Waals surface area (Å²) in [6, 6.07) is 0.00433. The molecule has 2 fully saturated rings. The lowest BCUT2D eigenvalue weighted by Gasteiger charge is -2.35. The van der Waals surface area contributed by atoms with Crippen LogP contribution in [0.15, 0.2) is 0 Å². The van der Waals surface area contributed by atoms with Crippen molar-refractivity contribution in [1.82, 2.24) is 14.7 Å². The molecule has 0 saturated carbocycles. The van der Waals surface area contributed by atoms with E-state index in [0.717, 1.165) is 26.2 Å². The molecule has 1 atom stereocenters. The molecular formula is C13H23N3O3. The van der Waals surface area contributed by atoms with Gasteiger partial charge in [0.2, 0.25) is 0 Å². The minimum Gasteiger partial charge on any atom is -0.481 e. The van der Waals surface area contributed by atoms with E-state index in [1.807, 2.05) is 18.9 Å². The molecule has 0 bridgehead atoms. The standard InChI is InChI=1S/C13H23N3O3/c1-3-13(11(17)18)4-5-16(10-13)12(19)15-8-6-14(2)7-9-15/h3-10H2,1-2H3,(H,17,18). The lowest BCUT2D eigenvalue weighted by molar-refractivity contribution is -0.148. The van der Waals surface area contributed by atoms with Gasteiger partial charge in [-0.3, -0.25) is 4.79 Å². The van der Waals surface area contributed by atoms with Gasteiger partial charge in [0.25, 0.3) is 0 Å². The number of carboxylic acid groups (broad SMARTS) is 1. The summed E-state index contributed by atoms with van der Waals surface area (Å²) in [5.74, 6) is -0.774. The third-order valence-corrected chi connectivity index (χ3v) is 4.53. The summed E-state index contributed by atoms with van der Waals surface area (Å²) in [7, 11) is 2.05. The summed E-state index contributed by atoms with van der Waals surface area (Å²) in [5, 5.41) is 9.35. The zero-order valence-corrected chi connectivity index (χ0v) is 11.8. The second-order valence-corrected chi connectivity index (χ2v) is 5.68. The van der Waals surface area contributed by atoms with Gasteiger partial charge in [0.05, 0.1) is 5.41 Å². The maximum Gasteiger partial charge on any atom is 0.320 e. The number of nitrogens with zero attached hydrogens (tertiary/aromatic N) is 3. The van der Waals surface area contributed by atoms with Gasteiger partial charge in [-0.05, 0) is 19.9 Å². The number of rotatable bonds is 2. The third-order valence-electron chi connectivity index (χ3n) is 4.53. The third kappa shape index (κ3) is 2.68. The smallest absolute Gasteiger partial charge is 0.320 e. The van der Waals surface area contributed by atoms with E-state index >= 15 is 0 Å². The lowest BCUT2D eigenvalue weighted by atomic mass is 9.84. The summed E-state index contributed by atoms with van der Waals surface area (Å²) in [6.45, 7) is 6.04. The zero-order chi connectivity index (χ0) is 14.0. The Labute approximate surface area is 114 Å². The van der Waals surface area contributed by atoms with Crippen molar-refractivity contribution >= 4 is 12.0 Å². The summed E-state index contributed by atoms with van der Waals surface area (Å²) >= 11 is 0. The molecule has 108 valence electrons. The highest BCUT2D eigenvalue weighted by molar-refractivity contribution is 5.79. The van der Waals surface area contributed by atoms with Crippen molar-refractivity contribution in [1.29, 1.82) is 0 Å². The number of hydrogen-bond acceptors (Lipinski definition) is 3. The fourth-order valence-corrected chi connectivity index (χ4v) is 2.85. The Morgan fingerprint density at radius 2 is 1.74 bits per heavy atom. The van der Waals surface area contributed by atoms with Gasteiger partial charge in [0, 0.05) is 39.3 Å². The predicted octanol–water partition coefficient (Wildman–Crippen LogP) is 0.541. The van der Waals surface area contributed by atoms with Crippen LogP contribution in [0.4, 0.5) is 4.79 Å². The maximum atomic E-state index is 12.4. The number of aliphatic carboxylic acids is 1. The number of piperazine rings is 1. The first-order valence-corrected chi connectivity index (χ1v) is 6.94. The number of hydrogen-bond donors (Lipinski definition) is 1. The maximum absolute atomic E-state index is 12.4. The molecule has 6 nitrogen and oxygen atoms in total. The quantitative estimate of drug-likeness (QED) is 0.794. The van der Waals surface area contributed by atoms with E-state index in [2.05, 4.69) is 4.90 Å². The molecular weight excluding hydrogens is 246 g/mol. The molecule has 2 aliphatic heterocycles. The van der Waals surface area contributed by atoms with Crippen molar-refractivity contribution in [2.24, 2.45) is 5.41 Å². The van der Waals surface area contributed by atoms with Crippen LogP contribution >= 0.6 is 0 Å². The largest absolute Gasteiger partial charge is 0.481 e. The first-order chi connectivity index (χ1) is 8.98. The number of carbonyl (C=O) groups excluding carboxylic acids is 1. The van der Waals surface area contributed by atoms with Gasteiger partial charge in [-0.2, -0.15) is 0 Å². The Morgan fingerprint density at radius 1 is 1.11 bits per heavy atom. The van der Waals surface area contributed by atoms with Gasteiger partial charge in [-0.1, -0.05) is 6.92 Å². The molecule has 2 aliphatic rings. The van der Waals surface area contributed by atoms with Crippen LogP contribution in [0.25, 0.3) is 0 Å². The van der Waals surface area contributed by atoms with Crippen LogP contribution in [0.1, 0.15) is 19.8 Å². The fourth-order valence-electron chi connectivity index (χ4n) is 2.85. The minimum absolute atomic E-state index is 0.00433. The van der Waals surface area contributed by atoms with Crippen LogP contribution in [0.2, 0.25) is 0 Å². The molecule has 2 rings (SSSR count). The number of carboxylic acids is 1. The van der Waals surface area contributed by atoms with Gasteiger partial charge in [0.1, 0.15) is 0 Å². The van der Waals surface area contributed by atoms with Crippen LogP contribution in [-0.2, 0) is 4.79 Å². The van der Waals surface area contributed by atoms with E-state index in [1.165, 1.54) is 0 Å². The Bertz CT molecular complexity index is 366. The van der Waals surface area contributed by atoms with Crippen LogP contribution in [0.3, 0.4) is 0 Å². The second kappa shape index (κ2) is 5.36. The monoisotopic (exact) mass is 269 g/mol. The summed E-state index contributed by atoms with van der Waals surface area (Å²) in [5.41, 5.74) is -0.734. The normalized spacial score (nSPS) is 28.7. The number of urea groups is 1. The highest BCUT2D eigenvalue weighted by Crippen LogP contribution is 2.34. The molecule has 2 heterocycles. The fraction of sp³-hybridized carbons (Fsp3) is 0.846. The summed E-state index contributed by atoms with van der Waals surface area (Å²) in [4.78, 5) is 29.5. The Kier molecular flexibility index (Phi) is 3.99. The van der Waals surface area contributed by atoms with Crippen molar-refractivity contribution in [2.75, 3.05) is 46.3 Å².